The van der Waals surface area contributed by atoms with Gasteiger partial charge >= 0.3 is 0 Å². The van der Waals surface area contributed by atoms with Crippen molar-refractivity contribution in [2.75, 3.05) is 16.0 Å². The van der Waals surface area contributed by atoms with Gasteiger partial charge in [0.1, 0.15) is 11.6 Å². The number of anilines is 2. The third kappa shape index (κ3) is 5.22. The van der Waals surface area contributed by atoms with Crippen LogP contribution in [0.5, 0.6) is 0 Å². The van der Waals surface area contributed by atoms with Crippen LogP contribution in [0, 0.1) is 31.0 Å². The molecule has 204 valence electrons. The molecule has 1 aliphatic heterocycles. The minimum absolute atomic E-state index is 0.0123. The molecule has 3 N–H and O–H groups in total. The first-order valence-electron chi connectivity index (χ1n) is 12.4. The molecular weight excluding hydrogens is 571 g/mol. The van der Waals surface area contributed by atoms with Gasteiger partial charge in [-0.3, -0.25) is 14.5 Å². The Morgan fingerprint density at radius 1 is 1.30 bits per heavy atom. The van der Waals surface area contributed by atoms with Crippen molar-refractivity contribution in [3.63, 3.8) is 0 Å². The van der Waals surface area contributed by atoms with E-state index in [9.17, 15) is 14.9 Å². The summed E-state index contributed by atoms with van der Waals surface area (Å²) >= 11 is 8.78. The summed E-state index contributed by atoms with van der Waals surface area (Å²) in [5, 5.41) is 22.0. The molecule has 12 heteroatoms. The van der Waals surface area contributed by atoms with Crippen molar-refractivity contribution in [1.82, 2.24) is 10.2 Å². The average Bonchev–Trinajstić information content (AvgIpc) is 3.37. The molecule has 0 bridgehead atoms. The van der Waals surface area contributed by atoms with Gasteiger partial charge in [-0.25, -0.2) is 4.39 Å². The summed E-state index contributed by atoms with van der Waals surface area (Å²) < 4.78 is 15.6. The zero-order valence-corrected chi connectivity index (χ0v) is 24.0. The third-order valence-corrected chi connectivity index (χ3v) is 9.14. The number of hydrogen-bond donors (Lipinski definition) is 2. The summed E-state index contributed by atoms with van der Waals surface area (Å²) in [6.45, 7) is 3.92. The van der Waals surface area contributed by atoms with Crippen LogP contribution in [0.25, 0.3) is 0 Å². The van der Waals surface area contributed by atoms with Crippen LogP contribution in [0.1, 0.15) is 41.9 Å². The van der Waals surface area contributed by atoms with Crippen LogP contribution in [0.15, 0.2) is 63.4 Å². The molecule has 5 rings (SSSR count). The zero-order valence-electron chi connectivity index (χ0n) is 21.6. The molecule has 2 aliphatic rings. The van der Waals surface area contributed by atoms with Crippen molar-refractivity contribution in [2.45, 2.75) is 43.4 Å². The molecule has 8 nitrogen and oxygen atoms in total. The van der Waals surface area contributed by atoms with Crippen LogP contribution in [-0.2, 0) is 9.59 Å². The number of allylic oxidation sites excluding steroid dienone is 3. The normalized spacial score (nSPS) is 17.1. The lowest BCUT2D eigenvalue weighted by Crippen LogP contribution is -2.39. The molecular formula is C28H24ClFN6O2S2. The predicted molar refractivity (Wildman–Crippen MR) is 155 cm³/mol. The Labute approximate surface area is 243 Å². The number of nitrogens with one attached hydrogen (secondary N) is 1. The maximum atomic E-state index is 15.0. The second kappa shape index (κ2) is 11.4. The number of halogens is 2. The number of aryl methyl sites for hydroxylation is 2. The van der Waals surface area contributed by atoms with Gasteiger partial charge in [0.2, 0.25) is 11.0 Å². The van der Waals surface area contributed by atoms with Gasteiger partial charge in [0.15, 0.2) is 10.1 Å². The van der Waals surface area contributed by atoms with Crippen LogP contribution in [-0.4, -0.2) is 27.6 Å². The van der Waals surface area contributed by atoms with Crippen LogP contribution >= 0.6 is 34.7 Å². The third-order valence-electron chi connectivity index (χ3n) is 6.77. The second-order valence-electron chi connectivity index (χ2n) is 9.46. The van der Waals surface area contributed by atoms with E-state index < -0.39 is 11.7 Å². The molecule has 1 aromatic heterocycles. The van der Waals surface area contributed by atoms with Crippen molar-refractivity contribution < 1.29 is 14.0 Å². The molecule has 1 unspecified atom stereocenters. The summed E-state index contributed by atoms with van der Waals surface area (Å²) in [4.78, 5) is 27.4. The summed E-state index contributed by atoms with van der Waals surface area (Å²) in [7, 11) is 0. The lowest BCUT2D eigenvalue weighted by Gasteiger charge is -2.38. The molecule has 0 saturated heterocycles. The Morgan fingerprint density at radius 2 is 2.10 bits per heavy atom. The van der Waals surface area contributed by atoms with Crippen molar-refractivity contribution in [1.29, 1.82) is 5.26 Å². The highest BCUT2D eigenvalue weighted by Gasteiger charge is 2.43. The molecule has 40 heavy (non-hydrogen) atoms. The Bertz CT molecular complexity index is 1620. The number of ketones is 1. The highest BCUT2D eigenvalue weighted by atomic mass is 35.5. The fourth-order valence-electron chi connectivity index (χ4n) is 5.00. The first-order valence-corrected chi connectivity index (χ1v) is 14.6. The number of carbonyl (C=O) groups is 2. The molecule has 0 spiro atoms. The van der Waals surface area contributed by atoms with E-state index in [0.717, 1.165) is 16.8 Å². The van der Waals surface area contributed by atoms with E-state index in [0.29, 0.717) is 33.6 Å². The van der Waals surface area contributed by atoms with Gasteiger partial charge in [-0.15, -0.1) is 10.2 Å². The fourth-order valence-corrected chi connectivity index (χ4v) is 6.95. The van der Waals surface area contributed by atoms with E-state index in [1.54, 1.807) is 4.90 Å². The SMILES string of the molecule is Cc1ccc(NC(=O)CSc2nnc(N3C(N)=C(C#N)C(c4c(F)cccc4Cl)C4=C3CCCC4=O)s2)c(C)c1. The van der Waals surface area contributed by atoms with E-state index in [2.05, 4.69) is 21.6 Å². The summed E-state index contributed by atoms with van der Waals surface area (Å²) in [6, 6.07) is 12.1. The van der Waals surface area contributed by atoms with Crippen LogP contribution in [0.3, 0.4) is 0 Å². The van der Waals surface area contributed by atoms with Crippen molar-refractivity contribution in [3.05, 3.63) is 86.6 Å². The number of hydrogen-bond acceptors (Lipinski definition) is 9. The van der Waals surface area contributed by atoms with E-state index in [1.165, 1.54) is 41.3 Å². The first kappa shape index (κ1) is 27.8. The molecule has 0 radical (unpaired) electrons. The van der Waals surface area contributed by atoms with E-state index in [4.69, 9.17) is 17.3 Å². The van der Waals surface area contributed by atoms with Gasteiger partial charge in [0, 0.05) is 34.0 Å². The Hall–Kier alpha value is -3.72. The average molecular weight is 595 g/mol. The molecule has 1 amide bonds. The smallest absolute Gasteiger partial charge is 0.234 e. The molecule has 1 aliphatic carbocycles. The zero-order chi connectivity index (χ0) is 28.6. The number of carbonyl (C=O) groups excluding carboxylic acids is 2. The van der Waals surface area contributed by atoms with Gasteiger partial charge in [0.05, 0.1) is 23.3 Å². The Morgan fingerprint density at radius 3 is 2.83 bits per heavy atom. The number of benzene rings is 2. The molecule has 2 aromatic carbocycles. The number of nitrogens with zero attached hydrogens (tertiary/aromatic N) is 4. The highest BCUT2D eigenvalue weighted by molar-refractivity contribution is 8.01. The predicted octanol–water partition coefficient (Wildman–Crippen LogP) is 5.98. The van der Waals surface area contributed by atoms with Crippen molar-refractivity contribution >= 4 is 57.2 Å². The van der Waals surface area contributed by atoms with Gasteiger partial charge in [0.25, 0.3) is 0 Å². The van der Waals surface area contributed by atoms with Gasteiger partial charge in [-0.1, -0.05) is 58.5 Å². The van der Waals surface area contributed by atoms with Crippen LogP contribution in [0.2, 0.25) is 5.02 Å². The van der Waals surface area contributed by atoms with E-state index in [1.807, 2.05) is 32.0 Å². The number of amides is 1. The molecule has 0 fully saturated rings. The molecule has 2 heterocycles. The summed E-state index contributed by atoms with van der Waals surface area (Å²) in [6.07, 6.45) is 1.31. The first-order chi connectivity index (χ1) is 19.2. The number of nitriles is 1. The number of nitrogens with two attached hydrogens (primary N) is 1. The monoisotopic (exact) mass is 594 g/mol. The van der Waals surface area contributed by atoms with Crippen LogP contribution < -0.4 is 16.0 Å². The van der Waals surface area contributed by atoms with Gasteiger partial charge in [-0.05, 0) is 50.5 Å². The summed E-state index contributed by atoms with van der Waals surface area (Å²) in [5.74, 6) is -1.88. The lowest BCUT2D eigenvalue weighted by atomic mass is 9.75. The standard InChI is InChI=1S/C28H24ClFN6O2S2/c1-14-9-10-19(15(2)11-14)33-22(38)13-39-28-35-34-27(40-28)36-20-7-4-8-21(37)25(20)23(16(12-31)26(36)32)24-17(29)5-3-6-18(24)30/h3,5-6,9-11,23H,4,7-8,13,32H2,1-2H3,(H,33,38). The van der Waals surface area contributed by atoms with Crippen LogP contribution in [0.4, 0.5) is 15.2 Å². The Balaban J connectivity index is 1.44. The molecule has 1 atom stereocenters. The van der Waals surface area contributed by atoms with Crippen molar-refractivity contribution in [3.8, 4) is 6.07 Å². The number of aromatic nitrogens is 2. The van der Waals surface area contributed by atoms with E-state index in [-0.39, 0.29) is 45.8 Å². The van der Waals surface area contributed by atoms with Crippen molar-refractivity contribution in [2.24, 2.45) is 5.73 Å². The topological polar surface area (TPSA) is 125 Å². The summed E-state index contributed by atoms with van der Waals surface area (Å²) in [5.41, 5.74) is 10.3. The van der Waals surface area contributed by atoms with Gasteiger partial charge < -0.3 is 11.1 Å². The minimum atomic E-state index is -1.02. The number of thioether (sulfide) groups is 1. The molecule has 3 aromatic rings. The largest absolute Gasteiger partial charge is 0.384 e. The maximum Gasteiger partial charge on any atom is 0.234 e. The van der Waals surface area contributed by atoms with E-state index >= 15 is 4.39 Å². The van der Waals surface area contributed by atoms with Gasteiger partial charge in [-0.2, -0.15) is 5.26 Å². The maximum absolute atomic E-state index is 15.0. The fraction of sp³-hybridized carbons (Fsp3) is 0.250. The number of rotatable bonds is 6. The highest BCUT2D eigenvalue weighted by Crippen LogP contribution is 2.48. The Kier molecular flexibility index (Phi) is 7.94. The quantitative estimate of drug-likeness (QED) is 0.334. The molecule has 0 saturated carbocycles. The minimum Gasteiger partial charge on any atom is -0.384 e. The second-order valence-corrected chi connectivity index (χ2v) is 12.0. The number of Topliss-reactive ketones (excluding diaryl/α,β-unsaturated/α-hetero) is 1. The lowest BCUT2D eigenvalue weighted by molar-refractivity contribution is -0.116.